The summed E-state index contributed by atoms with van der Waals surface area (Å²) in [7, 11) is 2.01. The van der Waals surface area contributed by atoms with Gasteiger partial charge in [-0.05, 0) is 18.8 Å². The van der Waals surface area contributed by atoms with Crippen LogP contribution in [-0.4, -0.2) is 34.6 Å². The fraction of sp³-hybridized carbons (Fsp3) is 0.545. The summed E-state index contributed by atoms with van der Waals surface area (Å²) in [4.78, 5) is 10.4. The summed E-state index contributed by atoms with van der Waals surface area (Å²) in [5, 5.41) is 11.4. The van der Waals surface area contributed by atoms with E-state index in [-0.39, 0.29) is 5.84 Å². The number of nitrogens with zero attached hydrogens (tertiary/aromatic N) is 4. The van der Waals surface area contributed by atoms with Gasteiger partial charge in [0, 0.05) is 13.6 Å². The molecule has 6 nitrogen and oxygen atoms in total. The van der Waals surface area contributed by atoms with Gasteiger partial charge in [0.2, 0.25) is 0 Å². The van der Waals surface area contributed by atoms with Crippen LogP contribution in [0.15, 0.2) is 17.5 Å². The summed E-state index contributed by atoms with van der Waals surface area (Å²) in [5.74, 6) is 1.57. The van der Waals surface area contributed by atoms with Crippen LogP contribution in [0.1, 0.15) is 25.0 Å². The summed E-state index contributed by atoms with van der Waals surface area (Å²) in [6.07, 6.45) is 7.11. The first-order chi connectivity index (χ1) is 8.20. The van der Waals surface area contributed by atoms with Crippen LogP contribution >= 0.6 is 0 Å². The maximum Gasteiger partial charge on any atom is 0.190 e. The molecule has 0 saturated heterocycles. The van der Waals surface area contributed by atoms with Crippen molar-refractivity contribution < 1.29 is 5.21 Å². The van der Waals surface area contributed by atoms with E-state index < -0.39 is 0 Å². The molecular weight excluding hydrogens is 218 g/mol. The predicted octanol–water partition coefficient (Wildman–Crippen LogP) is 0.807. The third-order valence-corrected chi connectivity index (χ3v) is 3.16. The first-order valence-corrected chi connectivity index (χ1v) is 5.72. The highest BCUT2D eigenvalue weighted by Crippen LogP contribution is 2.27. The molecule has 6 heteroatoms. The SMILES string of the molecule is CN(CC1CCC1)c1cnc(C(N)=NO)cn1. The van der Waals surface area contributed by atoms with Gasteiger partial charge in [-0.15, -0.1) is 0 Å². The minimum absolute atomic E-state index is 0.0225. The topological polar surface area (TPSA) is 87.6 Å². The fourth-order valence-electron chi connectivity index (χ4n) is 1.86. The summed E-state index contributed by atoms with van der Waals surface area (Å²) >= 11 is 0. The van der Waals surface area contributed by atoms with Gasteiger partial charge >= 0.3 is 0 Å². The second-order valence-corrected chi connectivity index (χ2v) is 4.42. The van der Waals surface area contributed by atoms with Crippen molar-refractivity contribution in [3.63, 3.8) is 0 Å². The Bertz CT molecular complexity index is 399. The van der Waals surface area contributed by atoms with E-state index in [0.717, 1.165) is 18.3 Å². The Labute approximate surface area is 100 Å². The van der Waals surface area contributed by atoms with Crippen molar-refractivity contribution in [1.82, 2.24) is 9.97 Å². The van der Waals surface area contributed by atoms with Crippen molar-refractivity contribution in [3.05, 3.63) is 18.1 Å². The Morgan fingerprint density at radius 1 is 1.53 bits per heavy atom. The third-order valence-electron chi connectivity index (χ3n) is 3.16. The number of nitrogens with two attached hydrogens (primary N) is 1. The van der Waals surface area contributed by atoms with Crippen LogP contribution in [-0.2, 0) is 0 Å². The zero-order valence-corrected chi connectivity index (χ0v) is 9.87. The maximum absolute atomic E-state index is 8.51. The van der Waals surface area contributed by atoms with E-state index >= 15 is 0 Å². The second-order valence-electron chi connectivity index (χ2n) is 4.42. The lowest BCUT2D eigenvalue weighted by Crippen LogP contribution is -2.30. The van der Waals surface area contributed by atoms with Crippen molar-refractivity contribution >= 4 is 11.7 Å². The summed E-state index contributed by atoms with van der Waals surface area (Å²) in [6, 6.07) is 0. The highest BCUT2D eigenvalue weighted by Gasteiger charge is 2.19. The molecule has 0 bridgehead atoms. The van der Waals surface area contributed by atoms with E-state index in [4.69, 9.17) is 10.9 Å². The second kappa shape index (κ2) is 4.99. The Morgan fingerprint density at radius 3 is 2.76 bits per heavy atom. The molecule has 2 rings (SSSR count). The van der Waals surface area contributed by atoms with E-state index in [0.29, 0.717) is 5.69 Å². The van der Waals surface area contributed by atoms with Gasteiger partial charge in [0.05, 0.1) is 12.4 Å². The molecule has 1 fully saturated rings. The van der Waals surface area contributed by atoms with E-state index in [2.05, 4.69) is 20.0 Å². The molecule has 0 spiro atoms. The van der Waals surface area contributed by atoms with Gasteiger partial charge in [0.15, 0.2) is 5.84 Å². The van der Waals surface area contributed by atoms with Gasteiger partial charge in [-0.25, -0.2) is 9.97 Å². The Hall–Kier alpha value is -1.85. The molecule has 1 aliphatic carbocycles. The normalized spacial score (nSPS) is 16.6. The molecule has 1 aliphatic rings. The zero-order chi connectivity index (χ0) is 12.3. The first-order valence-electron chi connectivity index (χ1n) is 5.72. The molecule has 17 heavy (non-hydrogen) atoms. The van der Waals surface area contributed by atoms with Gasteiger partial charge in [-0.1, -0.05) is 11.6 Å². The van der Waals surface area contributed by atoms with Crippen molar-refractivity contribution in [1.29, 1.82) is 0 Å². The smallest absolute Gasteiger partial charge is 0.190 e. The average Bonchev–Trinajstić information content (AvgIpc) is 2.32. The molecule has 0 radical (unpaired) electrons. The van der Waals surface area contributed by atoms with Crippen LogP contribution in [0.4, 0.5) is 5.82 Å². The van der Waals surface area contributed by atoms with Crippen molar-refractivity contribution in [2.24, 2.45) is 16.8 Å². The maximum atomic E-state index is 8.51. The molecule has 0 atom stereocenters. The van der Waals surface area contributed by atoms with Crippen LogP contribution in [0.2, 0.25) is 0 Å². The summed E-state index contributed by atoms with van der Waals surface area (Å²) in [5.41, 5.74) is 5.80. The number of hydrogen-bond donors (Lipinski definition) is 2. The largest absolute Gasteiger partial charge is 0.409 e. The minimum atomic E-state index is -0.0225. The van der Waals surface area contributed by atoms with Crippen LogP contribution in [0.25, 0.3) is 0 Å². The van der Waals surface area contributed by atoms with Crippen LogP contribution < -0.4 is 10.6 Å². The molecule has 0 unspecified atom stereocenters. The Kier molecular flexibility index (Phi) is 3.41. The molecule has 1 saturated carbocycles. The molecule has 1 aromatic rings. The lowest BCUT2D eigenvalue weighted by molar-refractivity contribution is 0.318. The highest BCUT2D eigenvalue weighted by atomic mass is 16.4. The molecule has 0 aromatic carbocycles. The number of aromatic nitrogens is 2. The van der Waals surface area contributed by atoms with Gasteiger partial charge < -0.3 is 15.8 Å². The molecule has 0 amide bonds. The Balaban J connectivity index is 2.01. The van der Waals surface area contributed by atoms with Crippen molar-refractivity contribution in [2.75, 3.05) is 18.5 Å². The zero-order valence-electron chi connectivity index (χ0n) is 9.87. The van der Waals surface area contributed by atoms with Crippen molar-refractivity contribution in [3.8, 4) is 0 Å². The van der Waals surface area contributed by atoms with Crippen molar-refractivity contribution in [2.45, 2.75) is 19.3 Å². The van der Waals surface area contributed by atoms with Gasteiger partial charge in [0.1, 0.15) is 11.5 Å². The van der Waals surface area contributed by atoms with E-state index in [1.165, 1.54) is 25.5 Å². The van der Waals surface area contributed by atoms with Gasteiger partial charge in [-0.2, -0.15) is 0 Å². The third kappa shape index (κ3) is 2.64. The summed E-state index contributed by atoms with van der Waals surface area (Å²) in [6.45, 7) is 1.01. The number of amidine groups is 1. The highest BCUT2D eigenvalue weighted by molar-refractivity contribution is 5.94. The Morgan fingerprint density at radius 2 is 2.29 bits per heavy atom. The lowest BCUT2D eigenvalue weighted by atomic mass is 9.85. The monoisotopic (exact) mass is 235 g/mol. The minimum Gasteiger partial charge on any atom is -0.409 e. The number of rotatable bonds is 4. The van der Waals surface area contributed by atoms with Gasteiger partial charge in [0.25, 0.3) is 0 Å². The van der Waals surface area contributed by atoms with E-state index in [9.17, 15) is 0 Å². The standard InChI is InChI=1S/C11H17N5O/c1-16(7-8-3-2-4-8)10-6-13-9(5-14-10)11(12)15-17/h5-6,8,17H,2-4,7H2,1H3,(H2,12,15). The fourth-order valence-corrected chi connectivity index (χ4v) is 1.86. The lowest BCUT2D eigenvalue weighted by Gasteiger charge is -2.30. The molecule has 1 heterocycles. The van der Waals surface area contributed by atoms with Crippen LogP contribution in [0, 0.1) is 5.92 Å². The quantitative estimate of drug-likeness (QED) is 0.349. The summed E-state index contributed by atoms with van der Waals surface area (Å²) < 4.78 is 0. The molecule has 3 N–H and O–H groups in total. The molecule has 92 valence electrons. The molecule has 0 aliphatic heterocycles. The number of hydrogen-bond acceptors (Lipinski definition) is 5. The molecular formula is C11H17N5O. The average molecular weight is 235 g/mol. The predicted molar refractivity (Wildman–Crippen MR) is 65.2 cm³/mol. The van der Waals surface area contributed by atoms with Gasteiger partial charge in [-0.3, -0.25) is 0 Å². The van der Waals surface area contributed by atoms with Crippen LogP contribution in [0.5, 0.6) is 0 Å². The van der Waals surface area contributed by atoms with E-state index in [1.807, 2.05) is 7.05 Å². The number of oxime groups is 1. The molecule has 1 aromatic heterocycles. The van der Waals surface area contributed by atoms with E-state index in [1.54, 1.807) is 6.20 Å². The first kappa shape index (κ1) is 11.6. The number of anilines is 1. The van der Waals surface area contributed by atoms with Crippen LogP contribution in [0.3, 0.4) is 0 Å².